The van der Waals surface area contributed by atoms with Gasteiger partial charge in [-0.15, -0.1) is 0 Å². The van der Waals surface area contributed by atoms with Crippen LogP contribution in [0.15, 0.2) is 42.5 Å². The highest BCUT2D eigenvalue weighted by Crippen LogP contribution is 2.47. The predicted octanol–water partition coefficient (Wildman–Crippen LogP) is 3.46. The van der Waals surface area contributed by atoms with Gasteiger partial charge in [0, 0.05) is 29.8 Å². The Kier molecular flexibility index (Phi) is 7.81. The lowest BCUT2D eigenvalue weighted by Crippen LogP contribution is -2.47. The molecule has 9 nitrogen and oxygen atoms in total. The summed E-state index contributed by atoms with van der Waals surface area (Å²) < 4.78 is 17.4. The molecule has 0 spiro atoms. The third kappa shape index (κ3) is 5.99. The Bertz CT molecular complexity index is 1100. The number of aliphatic hydroxyl groups is 1. The van der Waals surface area contributed by atoms with Crippen LogP contribution < -0.4 is 25.4 Å². The smallest absolute Gasteiger partial charge is 0.319 e. The third-order valence-corrected chi connectivity index (χ3v) is 7.51. The average molecular weight is 510 g/mol. The van der Waals surface area contributed by atoms with Crippen LogP contribution in [0.4, 0.5) is 10.5 Å². The highest BCUT2D eigenvalue weighted by molar-refractivity contribution is 5.89. The Balaban J connectivity index is 1.20. The molecule has 0 radical (unpaired) electrons. The summed E-state index contributed by atoms with van der Waals surface area (Å²) in [4.78, 5) is 25.2. The number of hydrogen-bond donors (Lipinski definition) is 4. The van der Waals surface area contributed by atoms with Crippen molar-refractivity contribution in [2.24, 2.45) is 0 Å². The fraction of sp³-hybridized carbons (Fsp3) is 0.500. The fourth-order valence-electron chi connectivity index (χ4n) is 5.61. The third-order valence-electron chi connectivity index (χ3n) is 7.51. The SMILES string of the molecule is COc1ccc(CNC(=O)C[C@@H]2C[C@H]3c4cc(NC(=O)NC5CCCC5)ccc4O[C@H]3[C@H](CO)O2)cc1. The number of nitrogens with one attached hydrogen (secondary N) is 3. The summed E-state index contributed by atoms with van der Waals surface area (Å²) in [7, 11) is 1.62. The maximum absolute atomic E-state index is 12.7. The second-order valence-electron chi connectivity index (χ2n) is 10.1. The van der Waals surface area contributed by atoms with Crippen LogP contribution in [0.3, 0.4) is 0 Å². The number of anilines is 1. The van der Waals surface area contributed by atoms with Crippen molar-refractivity contribution in [1.29, 1.82) is 0 Å². The molecule has 0 aromatic heterocycles. The van der Waals surface area contributed by atoms with Gasteiger partial charge in [0.1, 0.15) is 23.7 Å². The first-order valence-electron chi connectivity index (χ1n) is 13.1. The largest absolute Gasteiger partial charge is 0.497 e. The normalized spacial score (nSPS) is 24.5. The van der Waals surface area contributed by atoms with Crippen LogP contribution in [-0.2, 0) is 16.1 Å². The second-order valence-corrected chi connectivity index (χ2v) is 10.1. The molecule has 4 N–H and O–H groups in total. The van der Waals surface area contributed by atoms with Crippen LogP contribution >= 0.6 is 0 Å². The lowest BCUT2D eigenvalue weighted by Gasteiger charge is -2.37. The molecule has 5 rings (SSSR count). The molecule has 2 aromatic rings. The first-order valence-corrected chi connectivity index (χ1v) is 13.1. The molecule has 3 aliphatic rings. The zero-order valence-corrected chi connectivity index (χ0v) is 21.1. The number of amides is 3. The van der Waals surface area contributed by atoms with E-state index in [2.05, 4.69) is 16.0 Å². The second kappa shape index (κ2) is 11.4. The van der Waals surface area contributed by atoms with Gasteiger partial charge in [-0.05, 0) is 55.2 Å². The highest BCUT2D eigenvalue weighted by Gasteiger charge is 2.46. The van der Waals surface area contributed by atoms with E-state index < -0.39 is 6.10 Å². The van der Waals surface area contributed by atoms with E-state index in [0.29, 0.717) is 18.7 Å². The van der Waals surface area contributed by atoms with Crippen molar-refractivity contribution in [1.82, 2.24) is 10.6 Å². The van der Waals surface area contributed by atoms with Crippen LogP contribution in [0.5, 0.6) is 11.5 Å². The van der Waals surface area contributed by atoms with Crippen molar-refractivity contribution < 1.29 is 28.9 Å². The monoisotopic (exact) mass is 509 g/mol. The van der Waals surface area contributed by atoms with Crippen molar-refractivity contribution in [3.05, 3.63) is 53.6 Å². The van der Waals surface area contributed by atoms with Crippen LogP contribution in [0, 0.1) is 0 Å². The fourth-order valence-corrected chi connectivity index (χ4v) is 5.61. The summed E-state index contributed by atoms with van der Waals surface area (Å²) in [6, 6.07) is 13.2. The van der Waals surface area contributed by atoms with Gasteiger partial charge in [0.25, 0.3) is 0 Å². The van der Waals surface area contributed by atoms with Gasteiger partial charge in [-0.3, -0.25) is 4.79 Å². The van der Waals surface area contributed by atoms with Crippen molar-refractivity contribution in [2.75, 3.05) is 19.0 Å². The van der Waals surface area contributed by atoms with Gasteiger partial charge in [0.15, 0.2) is 0 Å². The maximum atomic E-state index is 12.7. The lowest BCUT2D eigenvalue weighted by molar-refractivity contribution is -0.142. The number of rotatable bonds is 8. The van der Waals surface area contributed by atoms with Crippen molar-refractivity contribution in [3.8, 4) is 11.5 Å². The molecule has 0 bridgehead atoms. The predicted molar refractivity (Wildman–Crippen MR) is 138 cm³/mol. The number of benzene rings is 2. The molecule has 2 aliphatic heterocycles. The van der Waals surface area contributed by atoms with E-state index in [0.717, 1.165) is 48.3 Å². The van der Waals surface area contributed by atoms with Crippen LogP contribution in [-0.4, -0.2) is 55.1 Å². The summed E-state index contributed by atoms with van der Waals surface area (Å²) in [5.41, 5.74) is 2.63. The van der Waals surface area contributed by atoms with Gasteiger partial charge in [0.2, 0.25) is 5.91 Å². The minimum absolute atomic E-state index is 0.0417. The molecule has 1 saturated heterocycles. The Labute approximate surface area is 216 Å². The van der Waals surface area contributed by atoms with Crippen molar-refractivity contribution in [2.45, 2.75) is 75.3 Å². The summed E-state index contributed by atoms with van der Waals surface area (Å²) in [6.07, 6.45) is 3.90. The van der Waals surface area contributed by atoms with E-state index in [1.54, 1.807) is 7.11 Å². The van der Waals surface area contributed by atoms with E-state index >= 15 is 0 Å². The van der Waals surface area contributed by atoms with E-state index in [1.165, 1.54) is 0 Å². The first-order chi connectivity index (χ1) is 18.0. The molecule has 198 valence electrons. The molecule has 37 heavy (non-hydrogen) atoms. The molecule has 2 aromatic carbocycles. The van der Waals surface area contributed by atoms with E-state index in [1.807, 2.05) is 42.5 Å². The first kappa shape index (κ1) is 25.4. The van der Waals surface area contributed by atoms with Gasteiger partial charge in [0.05, 0.1) is 26.2 Å². The number of carbonyl (C=O) groups excluding carboxylic acids is 2. The van der Waals surface area contributed by atoms with Crippen LogP contribution in [0.25, 0.3) is 0 Å². The van der Waals surface area contributed by atoms with Gasteiger partial charge in [-0.2, -0.15) is 0 Å². The molecular formula is C28H35N3O6. The van der Waals surface area contributed by atoms with Gasteiger partial charge < -0.3 is 35.3 Å². The summed E-state index contributed by atoms with van der Waals surface area (Å²) >= 11 is 0. The molecule has 2 heterocycles. The average Bonchev–Trinajstić information content (AvgIpc) is 3.55. The molecule has 0 unspecified atom stereocenters. The number of fused-ring (bicyclic) bond motifs is 3. The summed E-state index contributed by atoms with van der Waals surface area (Å²) in [5.74, 6) is 1.33. The number of carbonyl (C=O) groups is 2. The maximum Gasteiger partial charge on any atom is 0.319 e. The Morgan fingerprint density at radius 1 is 1.11 bits per heavy atom. The minimum atomic E-state index is -0.535. The number of urea groups is 1. The molecule has 2 fully saturated rings. The zero-order chi connectivity index (χ0) is 25.8. The Hall–Kier alpha value is -3.30. The number of methoxy groups -OCH3 is 1. The van der Waals surface area contributed by atoms with Gasteiger partial charge in [-0.1, -0.05) is 25.0 Å². The van der Waals surface area contributed by atoms with E-state index in [-0.39, 0.29) is 49.1 Å². The number of hydrogen-bond acceptors (Lipinski definition) is 6. The molecule has 4 atom stereocenters. The van der Waals surface area contributed by atoms with Crippen LogP contribution in [0.2, 0.25) is 0 Å². The summed E-state index contributed by atoms with van der Waals surface area (Å²) in [6.45, 7) is 0.211. The Morgan fingerprint density at radius 2 is 1.89 bits per heavy atom. The quantitative estimate of drug-likeness (QED) is 0.433. The molecule has 9 heteroatoms. The zero-order valence-electron chi connectivity index (χ0n) is 21.1. The van der Waals surface area contributed by atoms with Crippen molar-refractivity contribution in [3.63, 3.8) is 0 Å². The molecule has 1 saturated carbocycles. The van der Waals surface area contributed by atoms with Crippen LogP contribution in [0.1, 0.15) is 55.6 Å². The topological polar surface area (TPSA) is 118 Å². The van der Waals surface area contributed by atoms with Gasteiger partial charge in [-0.25, -0.2) is 4.79 Å². The van der Waals surface area contributed by atoms with E-state index in [4.69, 9.17) is 14.2 Å². The molecule has 3 amide bonds. The van der Waals surface area contributed by atoms with E-state index in [9.17, 15) is 14.7 Å². The Morgan fingerprint density at radius 3 is 2.62 bits per heavy atom. The number of ether oxygens (including phenoxy) is 3. The minimum Gasteiger partial charge on any atom is -0.497 e. The molecule has 1 aliphatic carbocycles. The number of aliphatic hydroxyl groups excluding tert-OH is 1. The van der Waals surface area contributed by atoms with Crippen molar-refractivity contribution >= 4 is 17.6 Å². The summed E-state index contributed by atoms with van der Waals surface area (Å²) in [5, 5.41) is 18.9. The lowest BCUT2D eigenvalue weighted by atomic mass is 9.84. The molecular weight excluding hydrogens is 474 g/mol. The van der Waals surface area contributed by atoms with Gasteiger partial charge >= 0.3 is 6.03 Å². The standard InChI is InChI=1S/C28H35N3O6/c1-35-20-9-6-17(7-10-20)15-29-26(33)14-21-13-23-22-12-19(31-28(34)30-18-4-2-3-5-18)8-11-24(22)37-27(23)25(16-32)36-21/h6-12,18,21,23,25,27,32H,2-5,13-16H2,1H3,(H,29,33)(H2,30,31,34)/t21-,23-,25-,27+/m0/s1. The highest BCUT2D eigenvalue weighted by atomic mass is 16.6.